The SMILES string of the molecule is CN=C(NCC(C(C)C)N1CCOCC1)N(C)Cc1csc(C)n1.I. The maximum Gasteiger partial charge on any atom is 0.193 e. The lowest BCUT2D eigenvalue weighted by Gasteiger charge is -2.37. The van der Waals surface area contributed by atoms with E-state index < -0.39 is 0 Å². The number of aryl methyl sites for hydroxylation is 1. The molecule has 1 aromatic heterocycles. The molecule has 1 atom stereocenters. The number of rotatable bonds is 6. The number of morpholine rings is 1. The number of guanidine groups is 1. The molecule has 1 N–H and O–H groups in total. The van der Waals surface area contributed by atoms with Gasteiger partial charge in [-0.1, -0.05) is 13.8 Å². The molecule has 0 amide bonds. The van der Waals surface area contributed by atoms with Crippen LogP contribution in [0.3, 0.4) is 0 Å². The summed E-state index contributed by atoms with van der Waals surface area (Å²) in [5, 5.41) is 6.76. The standard InChI is InChI=1S/C17H31N5OS.HI/c1-13(2)16(22-6-8-23-9-7-22)10-19-17(18-4)21(5)11-15-12-24-14(3)20-15;/h12-13,16H,6-11H2,1-5H3,(H,18,19);1H. The van der Waals surface area contributed by atoms with Gasteiger partial charge in [0, 0.05) is 45.2 Å². The largest absolute Gasteiger partial charge is 0.379 e. The Bertz CT molecular complexity index is 531. The fourth-order valence-corrected chi connectivity index (χ4v) is 3.68. The number of nitrogens with one attached hydrogen (secondary N) is 1. The first-order chi connectivity index (χ1) is 11.5. The molecule has 1 aromatic rings. The first kappa shape index (κ1) is 22.6. The van der Waals surface area contributed by atoms with Crippen molar-refractivity contribution in [2.24, 2.45) is 10.9 Å². The molecule has 1 unspecified atom stereocenters. The summed E-state index contributed by atoms with van der Waals surface area (Å²) >= 11 is 1.69. The van der Waals surface area contributed by atoms with E-state index in [0.717, 1.165) is 56.1 Å². The third-order valence-electron chi connectivity index (χ3n) is 4.39. The van der Waals surface area contributed by atoms with Gasteiger partial charge in [-0.25, -0.2) is 4.98 Å². The lowest BCUT2D eigenvalue weighted by Crippen LogP contribution is -2.52. The summed E-state index contributed by atoms with van der Waals surface area (Å²) in [6.07, 6.45) is 0. The minimum Gasteiger partial charge on any atom is -0.379 e. The van der Waals surface area contributed by atoms with Gasteiger partial charge >= 0.3 is 0 Å². The van der Waals surface area contributed by atoms with Crippen LogP contribution in [0.5, 0.6) is 0 Å². The quantitative estimate of drug-likeness (QED) is 0.385. The molecule has 1 fully saturated rings. The van der Waals surface area contributed by atoms with Crippen molar-refractivity contribution < 1.29 is 4.74 Å². The van der Waals surface area contributed by atoms with E-state index in [1.165, 1.54) is 0 Å². The summed E-state index contributed by atoms with van der Waals surface area (Å²) in [6, 6.07) is 0.487. The Morgan fingerprint density at radius 1 is 1.44 bits per heavy atom. The van der Waals surface area contributed by atoms with Crippen LogP contribution in [0.15, 0.2) is 10.4 Å². The molecule has 2 rings (SSSR count). The molecule has 0 aliphatic carbocycles. The van der Waals surface area contributed by atoms with Gasteiger partial charge in [0.15, 0.2) is 5.96 Å². The second-order valence-corrected chi connectivity index (χ2v) is 7.66. The van der Waals surface area contributed by atoms with Gasteiger partial charge in [0.25, 0.3) is 0 Å². The average Bonchev–Trinajstić information content (AvgIpc) is 2.97. The van der Waals surface area contributed by atoms with Crippen molar-refractivity contribution in [3.8, 4) is 0 Å². The van der Waals surface area contributed by atoms with Crippen LogP contribution in [0.25, 0.3) is 0 Å². The van der Waals surface area contributed by atoms with E-state index >= 15 is 0 Å². The van der Waals surface area contributed by atoms with E-state index in [0.29, 0.717) is 12.0 Å². The van der Waals surface area contributed by atoms with Crippen LogP contribution in [0.4, 0.5) is 0 Å². The van der Waals surface area contributed by atoms with Gasteiger partial charge in [0.1, 0.15) is 0 Å². The molecule has 25 heavy (non-hydrogen) atoms. The first-order valence-corrected chi connectivity index (χ1v) is 9.53. The Morgan fingerprint density at radius 2 is 2.12 bits per heavy atom. The molecule has 0 saturated carbocycles. The molecule has 0 bridgehead atoms. The van der Waals surface area contributed by atoms with Gasteiger partial charge in [0.2, 0.25) is 0 Å². The molecule has 144 valence electrons. The number of halogens is 1. The molecule has 0 aromatic carbocycles. The number of hydrogen-bond donors (Lipinski definition) is 1. The third kappa shape index (κ3) is 6.99. The Kier molecular flexibility index (Phi) is 10.2. The molecule has 1 aliphatic heterocycles. The summed E-state index contributed by atoms with van der Waals surface area (Å²) in [7, 11) is 3.90. The van der Waals surface area contributed by atoms with E-state index in [1.807, 2.05) is 14.0 Å². The fraction of sp³-hybridized carbons (Fsp3) is 0.765. The summed E-state index contributed by atoms with van der Waals surface area (Å²) < 4.78 is 5.48. The zero-order chi connectivity index (χ0) is 17.5. The van der Waals surface area contributed by atoms with Gasteiger partial charge in [-0.2, -0.15) is 0 Å². The minimum absolute atomic E-state index is 0. The molecular weight excluding hydrogens is 449 g/mol. The highest BCUT2D eigenvalue weighted by Crippen LogP contribution is 2.13. The Hall–Kier alpha value is -0.450. The predicted molar refractivity (Wildman–Crippen MR) is 116 cm³/mol. The summed E-state index contributed by atoms with van der Waals surface area (Å²) in [4.78, 5) is 13.6. The average molecular weight is 481 g/mol. The molecular formula is C17H32IN5OS. The molecule has 2 heterocycles. The predicted octanol–water partition coefficient (Wildman–Crippen LogP) is 2.43. The number of aliphatic imine (C=N–C) groups is 1. The number of thiazole rings is 1. The fourth-order valence-electron chi connectivity index (χ4n) is 3.07. The van der Waals surface area contributed by atoms with Crippen molar-refractivity contribution >= 4 is 41.3 Å². The maximum absolute atomic E-state index is 5.48. The lowest BCUT2D eigenvalue weighted by molar-refractivity contribution is 0.00741. The van der Waals surface area contributed by atoms with E-state index in [2.05, 4.69) is 51.4 Å². The molecule has 0 radical (unpaired) electrons. The van der Waals surface area contributed by atoms with Crippen LogP contribution < -0.4 is 5.32 Å². The van der Waals surface area contributed by atoms with Crippen LogP contribution in [0.2, 0.25) is 0 Å². The molecule has 0 spiro atoms. The second kappa shape index (κ2) is 11.3. The van der Waals surface area contributed by atoms with Crippen LogP contribution in [-0.2, 0) is 11.3 Å². The van der Waals surface area contributed by atoms with Crippen molar-refractivity contribution in [3.05, 3.63) is 16.1 Å². The zero-order valence-electron chi connectivity index (χ0n) is 16.0. The van der Waals surface area contributed by atoms with E-state index in [9.17, 15) is 0 Å². The van der Waals surface area contributed by atoms with Crippen LogP contribution in [-0.4, -0.2) is 73.7 Å². The van der Waals surface area contributed by atoms with Crippen molar-refractivity contribution in [1.82, 2.24) is 20.1 Å². The smallest absolute Gasteiger partial charge is 0.193 e. The Labute approximate surface area is 173 Å². The number of aromatic nitrogens is 1. The summed E-state index contributed by atoms with van der Waals surface area (Å²) in [6.45, 7) is 12.0. The molecule has 8 heteroatoms. The monoisotopic (exact) mass is 481 g/mol. The highest BCUT2D eigenvalue weighted by atomic mass is 127. The summed E-state index contributed by atoms with van der Waals surface area (Å²) in [5.41, 5.74) is 1.09. The topological polar surface area (TPSA) is 53.0 Å². The van der Waals surface area contributed by atoms with E-state index in [-0.39, 0.29) is 24.0 Å². The van der Waals surface area contributed by atoms with Crippen LogP contribution in [0.1, 0.15) is 24.5 Å². The van der Waals surface area contributed by atoms with Gasteiger partial charge in [-0.3, -0.25) is 9.89 Å². The molecule has 6 nitrogen and oxygen atoms in total. The summed E-state index contributed by atoms with van der Waals surface area (Å²) in [5.74, 6) is 1.50. The minimum atomic E-state index is 0. The highest BCUT2D eigenvalue weighted by Gasteiger charge is 2.24. The van der Waals surface area contributed by atoms with Gasteiger partial charge in [0.05, 0.1) is 30.5 Å². The van der Waals surface area contributed by atoms with Gasteiger partial charge in [-0.05, 0) is 12.8 Å². The van der Waals surface area contributed by atoms with Gasteiger partial charge < -0.3 is 15.0 Å². The third-order valence-corrected chi connectivity index (χ3v) is 5.21. The number of ether oxygens (including phenoxy) is 1. The van der Waals surface area contributed by atoms with E-state index in [1.54, 1.807) is 11.3 Å². The van der Waals surface area contributed by atoms with E-state index in [4.69, 9.17) is 4.74 Å². The Balaban J connectivity index is 0.00000312. The maximum atomic E-state index is 5.48. The van der Waals surface area contributed by atoms with Crippen molar-refractivity contribution in [1.29, 1.82) is 0 Å². The zero-order valence-corrected chi connectivity index (χ0v) is 19.1. The normalized spacial score (nSPS) is 17.3. The second-order valence-electron chi connectivity index (χ2n) is 6.60. The highest BCUT2D eigenvalue weighted by molar-refractivity contribution is 14.0. The number of nitrogens with zero attached hydrogens (tertiary/aromatic N) is 4. The molecule has 1 saturated heterocycles. The van der Waals surface area contributed by atoms with Gasteiger partial charge in [-0.15, -0.1) is 35.3 Å². The van der Waals surface area contributed by atoms with Crippen molar-refractivity contribution in [2.75, 3.05) is 46.9 Å². The van der Waals surface area contributed by atoms with Crippen molar-refractivity contribution in [2.45, 2.75) is 33.4 Å². The Morgan fingerprint density at radius 3 is 2.64 bits per heavy atom. The first-order valence-electron chi connectivity index (χ1n) is 8.65. The number of hydrogen-bond acceptors (Lipinski definition) is 5. The molecule has 1 aliphatic rings. The van der Waals surface area contributed by atoms with Crippen molar-refractivity contribution in [3.63, 3.8) is 0 Å². The van der Waals surface area contributed by atoms with Crippen LogP contribution >= 0.6 is 35.3 Å². The van der Waals surface area contributed by atoms with Crippen LogP contribution in [0, 0.1) is 12.8 Å². The lowest BCUT2D eigenvalue weighted by atomic mass is 10.0.